The lowest BCUT2D eigenvalue weighted by molar-refractivity contribution is -0.121. The van der Waals surface area contributed by atoms with Crippen molar-refractivity contribution < 1.29 is 9.59 Å². The molecular formula is C11H22N2O2. The Hall–Kier alpha value is -1.06. The fraction of sp³-hybridized carbons (Fsp3) is 0.818. The molecule has 2 amide bonds. The van der Waals surface area contributed by atoms with E-state index in [0.717, 1.165) is 32.1 Å². The third kappa shape index (κ3) is 10.9. The summed E-state index contributed by atoms with van der Waals surface area (Å²) in [6.07, 6.45) is 5.75. The van der Waals surface area contributed by atoms with Crippen LogP contribution < -0.4 is 11.1 Å². The second kappa shape index (κ2) is 9.49. The molecule has 4 heteroatoms. The van der Waals surface area contributed by atoms with E-state index in [0.29, 0.717) is 19.4 Å². The average molecular weight is 214 g/mol. The van der Waals surface area contributed by atoms with Gasteiger partial charge in [0.15, 0.2) is 0 Å². The normalized spacial score (nSPS) is 9.93. The molecule has 0 spiro atoms. The van der Waals surface area contributed by atoms with E-state index < -0.39 is 0 Å². The molecule has 0 fully saturated rings. The number of rotatable bonds is 9. The fourth-order valence-corrected chi connectivity index (χ4v) is 1.25. The van der Waals surface area contributed by atoms with Crippen molar-refractivity contribution in [3.63, 3.8) is 0 Å². The minimum absolute atomic E-state index is 0.131. The predicted octanol–water partition coefficient (Wildman–Crippen LogP) is 1.34. The molecule has 0 aliphatic rings. The molecule has 0 bridgehead atoms. The molecule has 0 saturated carbocycles. The smallest absolute Gasteiger partial charge is 0.219 e. The molecule has 0 aromatic rings. The van der Waals surface area contributed by atoms with E-state index in [1.807, 2.05) is 0 Å². The summed E-state index contributed by atoms with van der Waals surface area (Å²) in [4.78, 5) is 21.6. The molecule has 0 aliphatic carbocycles. The zero-order valence-electron chi connectivity index (χ0n) is 9.55. The van der Waals surface area contributed by atoms with Crippen molar-refractivity contribution in [2.24, 2.45) is 5.73 Å². The van der Waals surface area contributed by atoms with Crippen LogP contribution in [-0.4, -0.2) is 18.4 Å². The van der Waals surface area contributed by atoms with Gasteiger partial charge in [0.1, 0.15) is 0 Å². The van der Waals surface area contributed by atoms with Crippen LogP contribution in [0.3, 0.4) is 0 Å². The molecule has 0 atom stereocenters. The molecule has 4 nitrogen and oxygen atoms in total. The van der Waals surface area contributed by atoms with E-state index in [1.54, 1.807) is 0 Å². The second-order valence-electron chi connectivity index (χ2n) is 3.73. The van der Waals surface area contributed by atoms with Gasteiger partial charge in [0.25, 0.3) is 0 Å². The summed E-state index contributed by atoms with van der Waals surface area (Å²) in [6.45, 7) is 2.78. The fourth-order valence-electron chi connectivity index (χ4n) is 1.25. The van der Waals surface area contributed by atoms with Gasteiger partial charge in [-0.3, -0.25) is 9.59 Å². The number of carbonyl (C=O) groups excluding carboxylic acids is 2. The van der Waals surface area contributed by atoms with E-state index in [-0.39, 0.29) is 11.8 Å². The van der Waals surface area contributed by atoms with Crippen molar-refractivity contribution in [1.29, 1.82) is 0 Å². The first-order valence-electron chi connectivity index (χ1n) is 5.71. The molecule has 15 heavy (non-hydrogen) atoms. The highest BCUT2D eigenvalue weighted by atomic mass is 16.1. The zero-order valence-corrected chi connectivity index (χ0v) is 9.55. The predicted molar refractivity (Wildman–Crippen MR) is 60.2 cm³/mol. The maximum Gasteiger partial charge on any atom is 0.219 e. The van der Waals surface area contributed by atoms with Crippen molar-refractivity contribution >= 4 is 11.8 Å². The van der Waals surface area contributed by atoms with E-state index >= 15 is 0 Å². The molecule has 0 unspecified atom stereocenters. The van der Waals surface area contributed by atoms with Gasteiger partial charge in [0, 0.05) is 19.4 Å². The van der Waals surface area contributed by atoms with Gasteiger partial charge in [-0.05, 0) is 19.3 Å². The van der Waals surface area contributed by atoms with Crippen LogP contribution in [0.1, 0.15) is 51.9 Å². The Balaban J connectivity index is 3.16. The van der Waals surface area contributed by atoms with Crippen LogP contribution in [0, 0.1) is 0 Å². The number of primary amides is 1. The van der Waals surface area contributed by atoms with Gasteiger partial charge in [0.05, 0.1) is 0 Å². The Bertz CT molecular complexity index is 193. The summed E-state index contributed by atoms with van der Waals surface area (Å²) < 4.78 is 0. The molecule has 0 saturated heterocycles. The molecule has 0 rings (SSSR count). The molecule has 3 N–H and O–H groups in total. The Morgan fingerprint density at radius 3 is 2.40 bits per heavy atom. The number of nitrogens with one attached hydrogen (secondary N) is 1. The lowest BCUT2D eigenvalue weighted by atomic mass is 10.2. The lowest BCUT2D eigenvalue weighted by Crippen LogP contribution is -2.24. The highest BCUT2D eigenvalue weighted by Gasteiger charge is 1.99. The van der Waals surface area contributed by atoms with Gasteiger partial charge < -0.3 is 11.1 Å². The Labute approximate surface area is 91.6 Å². The highest BCUT2D eigenvalue weighted by molar-refractivity contribution is 5.75. The van der Waals surface area contributed by atoms with E-state index in [4.69, 9.17) is 5.73 Å². The van der Waals surface area contributed by atoms with Crippen LogP contribution in [0.2, 0.25) is 0 Å². The van der Waals surface area contributed by atoms with E-state index in [9.17, 15) is 9.59 Å². The molecular weight excluding hydrogens is 192 g/mol. The summed E-state index contributed by atoms with van der Waals surface area (Å²) >= 11 is 0. The van der Waals surface area contributed by atoms with Gasteiger partial charge in [-0.1, -0.05) is 19.8 Å². The maximum atomic E-state index is 11.2. The second-order valence-corrected chi connectivity index (χ2v) is 3.73. The SMILES string of the molecule is CCCCC(=O)NCCCCCC(N)=O. The standard InChI is InChI=1S/C11H22N2O2/c1-2-3-8-11(15)13-9-6-4-5-7-10(12)14/h2-9H2,1H3,(H2,12,14)(H,13,15). The monoisotopic (exact) mass is 214 g/mol. The average Bonchev–Trinajstić information content (AvgIpc) is 2.19. The number of carbonyl (C=O) groups is 2. The van der Waals surface area contributed by atoms with Crippen LogP contribution in [0.15, 0.2) is 0 Å². The summed E-state index contributed by atoms with van der Waals surface area (Å²) in [5.74, 6) is -0.117. The van der Waals surface area contributed by atoms with Crippen LogP contribution in [-0.2, 0) is 9.59 Å². The van der Waals surface area contributed by atoms with Crippen LogP contribution in [0.25, 0.3) is 0 Å². The minimum atomic E-state index is -0.248. The van der Waals surface area contributed by atoms with E-state index in [2.05, 4.69) is 12.2 Å². The highest BCUT2D eigenvalue weighted by Crippen LogP contribution is 1.98. The van der Waals surface area contributed by atoms with Gasteiger partial charge in [0.2, 0.25) is 11.8 Å². The third-order valence-corrected chi connectivity index (χ3v) is 2.18. The zero-order chi connectivity index (χ0) is 11.5. The molecule has 0 heterocycles. The van der Waals surface area contributed by atoms with Gasteiger partial charge in [-0.2, -0.15) is 0 Å². The summed E-state index contributed by atoms with van der Waals surface area (Å²) in [7, 11) is 0. The number of unbranched alkanes of at least 4 members (excludes halogenated alkanes) is 3. The first-order valence-corrected chi connectivity index (χ1v) is 5.71. The molecule has 88 valence electrons. The van der Waals surface area contributed by atoms with Crippen LogP contribution in [0.5, 0.6) is 0 Å². The van der Waals surface area contributed by atoms with E-state index in [1.165, 1.54) is 0 Å². The van der Waals surface area contributed by atoms with Crippen LogP contribution in [0.4, 0.5) is 0 Å². The first kappa shape index (κ1) is 13.9. The summed E-state index contributed by atoms with van der Waals surface area (Å²) in [5.41, 5.74) is 5.00. The number of amides is 2. The lowest BCUT2D eigenvalue weighted by Gasteiger charge is -2.03. The van der Waals surface area contributed by atoms with Crippen molar-refractivity contribution in [2.75, 3.05) is 6.54 Å². The minimum Gasteiger partial charge on any atom is -0.370 e. The summed E-state index contributed by atoms with van der Waals surface area (Å²) in [6, 6.07) is 0. The molecule has 0 aromatic heterocycles. The number of nitrogens with two attached hydrogens (primary N) is 1. The van der Waals surface area contributed by atoms with Crippen molar-refractivity contribution in [1.82, 2.24) is 5.32 Å². The molecule has 0 aromatic carbocycles. The Morgan fingerprint density at radius 1 is 1.07 bits per heavy atom. The molecule has 0 aliphatic heterocycles. The van der Waals surface area contributed by atoms with Gasteiger partial charge in [-0.15, -0.1) is 0 Å². The Kier molecular flexibility index (Phi) is 8.82. The van der Waals surface area contributed by atoms with Crippen molar-refractivity contribution in [3.8, 4) is 0 Å². The largest absolute Gasteiger partial charge is 0.370 e. The van der Waals surface area contributed by atoms with Crippen molar-refractivity contribution in [2.45, 2.75) is 51.9 Å². The quantitative estimate of drug-likeness (QED) is 0.568. The third-order valence-electron chi connectivity index (χ3n) is 2.18. The number of hydrogen-bond acceptors (Lipinski definition) is 2. The van der Waals surface area contributed by atoms with Crippen molar-refractivity contribution in [3.05, 3.63) is 0 Å². The topological polar surface area (TPSA) is 72.2 Å². The Morgan fingerprint density at radius 2 is 1.80 bits per heavy atom. The number of hydrogen-bond donors (Lipinski definition) is 2. The van der Waals surface area contributed by atoms with Gasteiger partial charge >= 0.3 is 0 Å². The first-order chi connectivity index (χ1) is 7.16. The van der Waals surface area contributed by atoms with Crippen LogP contribution >= 0.6 is 0 Å². The summed E-state index contributed by atoms with van der Waals surface area (Å²) in [5, 5.41) is 2.85. The molecule has 0 radical (unpaired) electrons. The maximum absolute atomic E-state index is 11.2. The van der Waals surface area contributed by atoms with Gasteiger partial charge in [-0.25, -0.2) is 0 Å².